The number of benzene rings is 2. The molecule has 2 fully saturated rings. The lowest BCUT2D eigenvalue weighted by molar-refractivity contribution is 0.0476. The van der Waals surface area contributed by atoms with Gasteiger partial charge in [-0.05, 0) is 35.6 Å². The molecule has 35 heavy (non-hydrogen) atoms. The Labute approximate surface area is 207 Å². The molecule has 7 heteroatoms. The molecule has 0 N–H and O–H groups in total. The zero-order valence-corrected chi connectivity index (χ0v) is 20.2. The molecule has 6 rings (SSSR count). The zero-order chi connectivity index (χ0) is 23.5. The highest BCUT2D eigenvalue weighted by Gasteiger charge is 2.33. The van der Waals surface area contributed by atoms with Crippen LogP contribution in [0.1, 0.15) is 47.8 Å². The summed E-state index contributed by atoms with van der Waals surface area (Å²) in [4.78, 5) is 5.29. The summed E-state index contributed by atoms with van der Waals surface area (Å²) < 4.78 is 4.18. The third-order valence-corrected chi connectivity index (χ3v) is 7.59. The standard InChI is InChI=1S/C28H33N7/c1-2-6-23(7-3-1)20-34-22-29-31-28(34)27(33-18-16-32(17-19-33)26-8-4-9-26)25-12-10-24(11-13-25)21-35-15-5-14-30-35/h1-3,5-7,10-15,22,26-27H,4,8-9,16-21H2. The predicted octanol–water partition coefficient (Wildman–Crippen LogP) is 3.83. The summed E-state index contributed by atoms with van der Waals surface area (Å²) >= 11 is 0. The molecule has 4 aromatic rings. The van der Waals surface area contributed by atoms with Gasteiger partial charge >= 0.3 is 0 Å². The minimum Gasteiger partial charge on any atom is -0.311 e. The van der Waals surface area contributed by atoms with Crippen molar-refractivity contribution < 1.29 is 0 Å². The summed E-state index contributed by atoms with van der Waals surface area (Å²) in [6, 6.07) is 22.4. The predicted molar refractivity (Wildman–Crippen MR) is 136 cm³/mol. The van der Waals surface area contributed by atoms with Crippen molar-refractivity contribution in [3.63, 3.8) is 0 Å². The Morgan fingerprint density at radius 1 is 0.829 bits per heavy atom. The van der Waals surface area contributed by atoms with Gasteiger partial charge in [0.2, 0.25) is 0 Å². The van der Waals surface area contributed by atoms with E-state index in [0.717, 1.165) is 51.1 Å². The van der Waals surface area contributed by atoms with Crippen LogP contribution in [0.15, 0.2) is 79.4 Å². The number of aromatic nitrogens is 5. The van der Waals surface area contributed by atoms with Crippen LogP contribution in [0.3, 0.4) is 0 Å². The molecule has 2 aromatic carbocycles. The zero-order valence-electron chi connectivity index (χ0n) is 20.2. The quantitative estimate of drug-likeness (QED) is 0.394. The monoisotopic (exact) mass is 467 g/mol. The van der Waals surface area contributed by atoms with Gasteiger partial charge in [-0.3, -0.25) is 14.5 Å². The average molecular weight is 468 g/mol. The van der Waals surface area contributed by atoms with Crippen LogP contribution in [0.25, 0.3) is 0 Å². The molecule has 1 saturated carbocycles. The molecule has 0 amide bonds. The molecular weight excluding hydrogens is 434 g/mol. The molecule has 180 valence electrons. The largest absolute Gasteiger partial charge is 0.311 e. The molecular formula is C28H33N7. The van der Waals surface area contributed by atoms with Gasteiger partial charge in [-0.1, -0.05) is 61.0 Å². The van der Waals surface area contributed by atoms with Crippen molar-refractivity contribution in [3.8, 4) is 0 Å². The van der Waals surface area contributed by atoms with E-state index in [9.17, 15) is 0 Å². The number of rotatable bonds is 8. The number of hydrogen-bond donors (Lipinski definition) is 0. The molecule has 7 nitrogen and oxygen atoms in total. The summed E-state index contributed by atoms with van der Waals surface area (Å²) in [6.07, 6.45) is 9.84. The number of hydrogen-bond acceptors (Lipinski definition) is 5. The van der Waals surface area contributed by atoms with Gasteiger partial charge in [0.15, 0.2) is 5.82 Å². The minimum atomic E-state index is 0.0866. The van der Waals surface area contributed by atoms with E-state index in [1.807, 2.05) is 29.5 Å². The topological polar surface area (TPSA) is 55.0 Å². The first kappa shape index (κ1) is 22.2. The molecule has 1 saturated heterocycles. The Bertz CT molecular complexity index is 1190. The molecule has 1 atom stereocenters. The number of piperazine rings is 1. The second-order valence-corrected chi connectivity index (χ2v) is 9.81. The lowest BCUT2D eigenvalue weighted by atomic mass is 9.91. The first-order valence-electron chi connectivity index (χ1n) is 12.8. The molecule has 0 radical (unpaired) electrons. The van der Waals surface area contributed by atoms with E-state index in [2.05, 4.69) is 84.3 Å². The Kier molecular flexibility index (Phi) is 6.43. The lowest BCUT2D eigenvalue weighted by Gasteiger charge is -2.44. The van der Waals surface area contributed by atoms with Gasteiger partial charge in [-0.25, -0.2) is 0 Å². The van der Waals surface area contributed by atoms with Crippen molar-refractivity contribution in [1.29, 1.82) is 0 Å². The van der Waals surface area contributed by atoms with Gasteiger partial charge in [-0.15, -0.1) is 10.2 Å². The third kappa shape index (κ3) is 4.92. The van der Waals surface area contributed by atoms with Gasteiger partial charge in [0.25, 0.3) is 0 Å². The molecule has 1 aliphatic carbocycles. The van der Waals surface area contributed by atoms with E-state index >= 15 is 0 Å². The number of nitrogens with zero attached hydrogens (tertiary/aromatic N) is 7. The SMILES string of the molecule is c1ccc(Cn2cnnc2C(c2ccc(Cn3cccn3)cc2)N2CCN(C3CCC3)CC2)cc1. The van der Waals surface area contributed by atoms with Gasteiger partial charge < -0.3 is 4.57 Å². The minimum absolute atomic E-state index is 0.0866. The first-order chi connectivity index (χ1) is 17.3. The Balaban J connectivity index is 1.27. The fourth-order valence-electron chi connectivity index (χ4n) is 5.40. The van der Waals surface area contributed by atoms with Gasteiger partial charge in [-0.2, -0.15) is 5.10 Å². The third-order valence-electron chi connectivity index (χ3n) is 7.59. The van der Waals surface area contributed by atoms with E-state index in [4.69, 9.17) is 0 Å². The van der Waals surface area contributed by atoms with E-state index in [1.54, 1.807) is 0 Å². The molecule has 2 aromatic heterocycles. The molecule has 0 bridgehead atoms. The molecule has 3 heterocycles. The summed E-state index contributed by atoms with van der Waals surface area (Å²) in [5.41, 5.74) is 3.78. The highest BCUT2D eigenvalue weighted by molar-refractivity contribution is 5.30. The second kappa shape index (κ2) is 10.1. The van der Waals surface area contributed by atoms with Gasteiger partial charge in [0, 0.05) is 44.6 Å². The van der Waals surface area contributed by atoms with Crippen LogP contribution in [-0.2, 0) is 13.1 Å². The van der Waals surface area contributed by atoms with Crippen LogP contribution >= 0.6 is 0 Å². The van der Waals surface area contributed by atoms with Crippen molar-refractivity contribution in [1.82, 2.24) is 34.3 Å². The van der Waals surface area contributed by atoms with Crippen LogP contribution in [0.2, 0.25) is 0 Å². The summed E-state index contributed by atoms with van der Waals surface area (Å²) in [7, 11) is 0. The van der Waals surface area contributed by atoms with Crippen molar-refractivity contribution in [3.05, 3.63) is 102 Å². The molecule has 1 aliphatic heterocycles. The van der Waals surface area contributed by atoms with E-state index < -0.39 is 0 Å². The normalized spacial score (nSPS) is 18.4. The fourth-order valence-corrected chi connectivity index (χ4v) is 5.40. The van der Waals surface area contributed by atoms with Crippen LogP contribution in [-0.4, -0.2) is 66.6 Å². The first-order valence-corrected chi connectivity index (χ1v) is 12.8. The van der Waals surface area contributed by atoms with Crippen molar-refractivity contribution in [2.45, 2.75) is 44.4 Å². The van der Waals surface area contributed by atoms with Crippen LogP contribution < -0.4 is 0 Å². The molecule has 1 unspecified atom stereocenters. The highest BCUT2D eigenvalue weighted by Crippen LogP contribution is 2.31. The maximum atomic E-state index is 4.67. The van der Waals surface area contributed by atoms with E-state index in [1.165, 1.54) is 36.0 Å². The Morgan fingerprint density at radius 3 is 2.29 bits per heavy atom. The smallest absolute Gasteiger partial charge is 0.155 e. The maximum Gasteiger partial charge on any atom is 0.155 e. The maximum absolute atomic E-state index is 4.67. The van der Waals surface area contributed by atoms with E-state index in [-0.39, 0.29) is 6.04 Å². The fraction of sp³-hybridized carbons (Fsp3) is 0.393. The summed E-state index contributed by atoms with van der Waals surface area (Å²) in [5, 5.41) is 13.4. The Hall–Kier alpha value is -3.29. The van der Waals surface area contributed by atoms with Gasteiger partial charge in [0.1, 0.15) is 6.33 Å². The molecule has 0 spiro atoms. The summed E-state index contributed by atoms with van der Waals surface area (Å²) in [5.74, 6) is 1.02. The second-order valence-electron chi connectivity index (χ2n) is 9.81. The Morgan fingerprint density at radius 2 is 1.60 bits per heavy atom. The highest BCUT2D eigenvalue weighted by atomic mass is 15.3. The lowest BCUT2D eigenvalue weighted by Crippen LogP contribution is -2.53. The van der Waals surface area contributed by atoms with Crippen molar-refractivity contribution in [2.24, 2.45) is 0 Å². The van der Waals surface area contributed by atoms with E-state index in [0.29, 0.717) is 0 Å². The van der Waals surface area contributed by atoms with Crippen molar-refractivity contribution in [2.75, 3.05) is 26.2 Å². The molecule has 2 aliphatic rings. The van der Waals surface area contributed by atoms with Crippen LogP contribution in [0.5, 0.6) is 0 Å². The van der Waals surface area contributed by atoms with Crippen LogP contribution in [0, 0.1) is 0 Å². The van der Waals surface area contributed by atoms with Crippen molar-refractivity contribution >= 4 is 0 Å². The van der Waals surface area contributed by atoms with Crippen LogP contribution in [0.4, 0.5) is 0 Å². The van der Waals surface area contributed by atoms with Gasteiger partial charge in [0.05, 0.1) is 19.1 Å². The summed E-state index contributed by atoms with van der Waals surface area (Å²) in [6.45, 7) is 5.92. The average Bonchev–Trinajstić information content (AvgIpc) is 3.54.